The summed E-state index contributed by atoms with van der Waals surface area (Å²) in [5, 5.41) is 14.5. The van der Waals surface area contributed by atoms with Crippen molar-refractivity contribution in [3.8, 4) is 5.75 Å². The van der Waals surface area contributed by atoms with Gasteiger partial charge in [0.15, 0.2) is 0 Å². The molecule has 2 aliphatic rings. The molecule has 0 amide bonds. The number of aromatic nitrogens is 2. The lowest BCUT2D eigenvalue weighted by atomic mass is 10.0. The zero-order chi connectivity index (χ0) is 23.4. The average molecular weight is 478 g/mol. The molecule has 1 aromatic carbocycles. The Hall–Kier alpha value is -2.10. The van der Waals surface area contributed by atoms with E-state index in [-0.39, 0.29) is 17.5 Å². The van der Waals surface area contributed by atoms with Crippen molar-refractivity contribution >= 4 is 15.8 Å². The highest BCUT2D eigenvalue weighted by Gasteiger charge is 2.36. The molecule has 1 aliphatic heterocycles. The number of rotatable bonds is 9. The minimum atomic E-state index is -3.85. The molecular formula is C24H35N3O5S. The third kappa shape index (κ3) is 5.20. The summed E-state index contributed by atoms with van der Waals surface area (Å²) in [6.45, 7) is 6.15. The van der Waals surface area contributed by atoms with Crippen molar-refractivity contribution in [2.75, 3.05) is 24.1 Å². The van der Waals surface area contributed by atoms with Crippen LogP contribution in [0.5, 0.6) is 5.75 Å². The van der Waals surface area contributed by atoms with Crippen LogP contribution in [0.3, 0.4) is 0 Å². The minimum absolute atomic E-state index is 0.0987. The molecule has 0 atom stereocenters. The Balaban J connectivity index is 1.64. The van der Waals surface area contributed by atoms with Gasteiger partial charge in [0, 0.05) is 37.4 Å². The quantitative estimate of drug-likeness (QED) is 0.593. The highest BCUT2D eigenvalue weighted by Crippen LogP contribution is 2.35. The monoisotopic (exact) mass is 477 g/mol. The molecule has 0 bridgehead atoms. The highest BCUT2D eigenvalue weighted by atomic mass is 32.2. The smallest absolute Gasteiger partial charge is 0.265 e. The first-order valence-corrected chi connectivity index (χ1v) is 13.4. The molecule has 1 saturated carbocycles. The molecule has 8 nitrogen and oxygen atoms in total. The Morgan fingerprint density at radius 2 is 1.91 bits per heavy atom. The molecule has 1 aliphatic carbocycles. The van der Waals surface area contributed by atoms with E-state index in [4.69, 9.17) is 9.47 Å². The van der Waals surface area contributed by atoms with Crippen molar-refractivity contribution in [3.05, 3.63) is 35.5 Å². The number of aliphatic hydroxyl groups is 1. The fourth-order valence-corrected chi connectivity index (χ4v) is 6.56. The molecule has 4 rings (SSSR count). The summed E-state index contributed by atoms with van der Waals surface area (Å²) in [4.78, 5) is 0.165. The predicted molar refractivity (Wildman–Crippen MR) is 126 cm³/mol. The van der Waals surface area contributed by atoms with Gasteiger partial charge >= 0.3 is 0 Å². The number of benzene rings is 1. The van der Waals surface area contributed by atoms with Gasteiger partial charge in [0.1, 0.15) is 11.6 Å². The molecule has 2 heterocycles. The van der Waals surface area contributed by atoms with Gasteiger partial charge in [0.05, 0.1) is 23.8 Å². The first kappa shape index (κ1) is 24.0. The summed E-state index contributed by atoms with van der Waals surface area (Å²) in [6.07, 6.45) is 5.57. The standard InChI is InChI=1S/C24H35N3O5S/c1-3-26-24(14-18(2)25-26)27(21-6-4-5-7-21)33(29,30)22-8-9-23(20(15-22)16-28)32-17-19-10-12-31-13-11-19/h8-9,14-15,19,21,28H,3-7,10-13,16-17H2,1-2H3. The van der Waals surface area contributed by atoms with E-state index >= 15 is 0 Å². The van der Waals surface area contributed by atoms with Crippen molar-refractivity contribution < 1.29 is 23.0 Å². The lowest BCUT2D eigenvalue weighted by Crippen LogP contribution is -2.40. The number of ether oxygens (including phenoxy) is 2. The van der Waals surface area contributed by atoms with E-state index < -0.39 is 10.0 Å². The van der Waals surface area contributed by atoms with Gasteiger partial charge in [0.2, 0.25) is 0 Å². The molecule has 1 N–H and O–H groups in total. The van der Waals surface area contributed by atoms with E-state index in [2.05, 4.69) is 5.10 Å². The van der Waals surface area contributed by atoms with Crippen LogP contribution in [-0.2, 0) is 27.9 Å². The third-order valence-corrected chi connectivity index (χ3v) is 8.49. The van der Waals surface area contributed by atoms with Gasteiger partial charge in [-0.1, -0.05) is 12.8 Å². The molecule has 33 heavy (non-hydrogen) atoms. The summed E-state index contributed by atoms with van der Waals surface area (Å²) in [6, 6.07) is 6.56. The largest absolute Gasteiger partial charge is 0.493 e. The van der Waals surface area contributed by atoms with Gasteiger partial charge in [-0.05, 0) is 63.6 Å². The van der Waals surface area contributed by atoms with Crippen molar-refractivity contribution in [1.29, 1.82) is 0 Å². The zero-order valence-corrected chi connectivity index (χ0v) is 20.4. The number of aliphatic hydroxyl groups excluding tert-OH is 1. The second kappa shape index (κ2) is 10.4. The van der Waals surface area contributed by atoms with Crippen LogP contribution in [0.1, 0.15) is 56.7 Å². The lowest BCUT2D eigenvalue weighted by Gasteiger charge is -2.30. The van der Waals surface area contributed by atoms with Gasteiger partial charge in [-0.25, -0.2) is 17.4 Å². The molecule has 182 valence electrons. The molecule has 9 heteroatoms. The fourth-order valence-electron chi connectivity index (χ4n) is 4.80. The molecule has 1 aromatic heterocycles. The first-order chi connectivity index (χ1) is 15.9. The van der Waals surface area contributed by atoms with Crippen LogP contribution < -0.4 is 9.04 Å². The van der Waals surface area contributed by atoms with Gasteiger partial charge < -0.3 is 14.6 Å². The Bertz CT molecular complexity index is 1040. The van der Waals surface area contributed by atoms with Gasteiger partial charge in [-0.15, -0.1) is 0 Å². The normalized spacial score (nSPS) is 18.0. The second-order valence-corrected chi connectivity index (χ2v) is 10.8. The van der Waals surface area contributed by atoms with E-state index in [1.807, 2.05) is 19.9 Å². The Labute approximate surface area is 196 Å². The maximum absolute atomic E-state index is 13.9. The topological polar surface area (TPSA) is 93.9 Å². The summed E-state index contributed by atoms with van der Waals surface area (Å²) in [7, 11) is -3.85. The van der Waals surface area contributed by atoms with Gasteiger partial charge in [-0.2, -0.15) is 5.10 Å². The number of hydrogen-bond acceptors (Lipinski definition) is 6. The molecule has 1 saturated heterocycles. The number of aryl methyl sites for hydroxylation is 2. The van der Waals surface area contributed by atoms with Gasteiger partial charge in [0.25, 0.3) is 10.0 Å². The van der Waals surface area contributed by atoms with Crippen LogP contribution in [0.2, 0.25) is 0 Å². The number of sulfonamides is 1. The Kier molecular flexibility index (Phi) is 7.61. The number of nitrogens with zero attached hydrogens (tertiary/aromatic N) is 3. The second-order valence-electron chi connectivity index (χ2n) is 8.99. The predicted octanol–water partition coefficient (Wildman–Crippen LogP) is 3.65. The SMILES string of the molecule is CCn1nc(C)cc1N(C1CCCC1)S(=O)(=O)c1ccc(OCC2CCOCC2)c(CO)c1. The summed E-state index contributed by atoms with van der Waals surface area (Å²) in [5.41, 5.74) is 1.27. The van der Waals surface area contributed by atoms with Crippen LogP contribution in [0, 0.1) is 12.8 Å². The van der Waals surface area contributed by atoms with Crippen LogP contribution in [0.25, 0.3) is 0 Å². The number of anilines is 1. The molecule has 0 unspecified atom stereocenters. The highest BCUT2D eigenvalue weighted by molar-refractivity contribution is 7.92. The summed E-state index contributed by atoms with van der Waals surface area (Å²) < 4.78 is 42.5. The van der Waals surface area contributed by atoms with Crippen molar-refractivity contribution in [3.63, 3.8) is 0 Å². The van der Waals surface area contributed by atoms with Crippen LogP contribution in [0.4, 0.5) is 5.82 Å². The fraction of sp³-hybridized carbons (Fsp3) is 0.625. The average Bonchev–Trinajstić information content (AvgIpc) is 3.48. The zero-order valence-electron chi connectivity index (χ0n) is 19.6. The molecular weight excluding hydrogens is 442 g/mol. The van der Waals surface area contributed by atoms with E-state index in [0.717, 1.165) is 57.4 Å². The molecule has 0 radical (unpaired) electrons. The number of hydrogen-bond donors (Lipinski definition) is 1. The molecule has 2 fully saturated rings. The maximum Gasteiger partial charge on any atom is 0.265 e. The Morgan fingerprint density at radius 3 is 2.58 bits per heavy atom. The summed E-state index contributed by atoms with van der Waals surface area (Å²) >= 11 is 0. The van der Waals surface area contributed by atoms with Crippen molar-refractivity contribution in [2.24, 2.45) is 5.92 Å². The minimum Gasteiger partial charge on any atom is -0.493 e. The van der Waals surface area contributed by atoms with Crippen molar-refractivity contribution in [2.45, 2.75) is 76.5 Å². The van der Waals surface area contributed by atoms with Crippen LogP contribution in [0.15, 0.2) is 29.2 Å². The molecule has 2 aromatic rings. The summed E-state index contributed by atoms with van der Waals surface area (Å²) in [5.74, 6) is 1.54. The van der Waals surface area contributed by atoms with Crippen LogP contribution >= 0.6 is 0 Å². The Morgan fingerprint density at radius 1 is 1.18 bits per heavy atom. The lowest BCUT2D eigenvalue weighted by molar-refractivity contribution is 0.0494. The third-order valence-electron chi connectivity index (χ3n) is 6.64. The van der Waals surface area contributed by atoms with E-state index in [9.17, 15) is 13.5 Å². The van der Waals surface area contributed by atoms with E-state index in [1.165, 1.54) is 0 Å². The first-order valence-electron chi connectivity index (χ1n) is 12.0. The van der Waals surface area contributed by atoms with Crippen LogP contribution in [-0.4, -0.2) is 49.2 Å². The maximum atomic E-state index is 13.9. The molecule has 0 spiro atoms. The van der Waals surface area contributed by atoms with E-state index in [1.54, 1.807) is 27.2 Å². The van der Waals surface area contributed by atoms with Gasteiger partial charge in [-0.3, -0.25) is 0 Å². The van der Waals surface area contributed by atoms with E-state index in [0.29, 0.717) is 36.2 Å². The van der Waals surface area contributed by atoms with Crippen molar-refractivity contribution in [1.82, 2.24) is 9.78 Å².